The lowest BCUT2D eigenvalue weighted by Crippen LogP contribution is -2.03. The van der Waals surface area contributed by atoms with Crippen LogP contribution in [0.15, 0.2) is 28.9 Å². The molecule has 2 N–H and O–H groups in total. The average molecular weight is 311 g/mol. The molecule has 0 aliphatic rings. The van der Waals surface area contributed by atoms with E-state index in [0.717, 1.165) is 21.9 Å². The van der Waals surface area contributed by atoms with Gasteiger partial charge in [0.1, 0.15) is 0 Å². The van der Waals surface area contributed by atoms with Crippen molar-refractivity contribution in [3.05, 3.63) is 40.2 Å². The van der Waals surface area contributed by atoms with Gasteiger partial charge in [-0.05, 0) is 40.5 Å². The molecule has 0 aliphatic heterocycles. The molecule has 4 nitrogen and oxygen atoms in total. The summed E-state index contributed by atoms with van der Waals surface area (Å²) in [5, 5.41) is 5.69. The lowest BCUT2D eigenvalue weighted by molar-refractivity contribution is 0.619. The van der Waals surface area contributed by atoms with Gasteiger partial charge >= 0.3 is 0 Å². The van der Waals surface area contributed by atoms with Crippen molar-refractivity contribution in [3.8, 4) is 0 Å². The number of anilines is 3. The predicted octanol–water partition coefficient (Wildman–Crippen LogP) is 3.47. The van der Waals surface area contributed by atoms with Crippen molar-refractivity contribution >= 4 is 33.4 Å². The minimum Gasteiger partial charge on any atom is -0.357 e. The molecule has 18 heavy (non-hydrogen) atoms. The van der Waals surface area contributed by atoms with E-state index in [1.165, 1.54) is 0 Å². The second kappa shape index (κ2) is 5.30. The second-order valence-electron chi connectivity index (χ2n) is 3.75. The molecule has 0 saturated heterocycles. The molecule has 1 heterocycles. The molecule has 1 aromatic heterocycles. The molecule has 0 atom stereocenters. The van der Waals surface area contributed by atoms with Crippen LogP contribution in [0.1, 0.15) is 5.56 Å². The van der Waals surface area contributed by atoms with E-state index in [4.69, 9.17) is 0 Å². The van der Waals surface area contributed by atoms with Crippen LogP contribution in [0.25, 0.3) is 0 Å². The average Bonchev–Trinajstić information content (AvgIpc) is 2.35. The predicted molar refractivity (Wildman–Crippen MR) is 73.7 cm³/mol. The number of aryl methyl sites for hydroxylation is 1. The Morgan fingerprint density at radius 2 is 2.11 bits per heavy atom. The first-order chi connectivity index (χ1) is 8.60. The first-order valence-corrected chi connectivity index (χ1v) is 6.13. The number of hydrogen-bond acceptors (Lipinski definition) is 4. The number of benzene rings is 1. The molecule has 0 radical (unpaired) electrons. The van der Waals surface area contributed by atoms with Crippen molar-refractivity contribution in [2.24, 2.45) is 0 Å². The van der Waals surface area contributed by atoms with Gasteiger partial charge in [0.05, 0.1) is 11.9 Å². The molecule has 2 aromatic rings. The Balaban J connectivity index is 2.33. The van der Waals surface area contributed by atoms with E-state index in [9.17, 15) is 4.39 Å². The number of hydrogen-bond donors (Lipinski definition) is 2. The highest BCUT2D eigenvalue weighted by atomic mass is 79.9. The minimum atomic E-state index is -0.499. The molecule has 2 rings (SSSR count). The van der Waals surface area contributed by atoms with Crippen molar-refractivity contribution in [2.75, 3.05) is 17.7 Å². The van der Waals surface area contributed by atoms with Crippen LogP contribution in [-0.4, -0.2) is 17.0 Å². The molecule has 0 saturated carbocycles. The van der Waals surface area contributed by atoms with Gasteiger partial charge in [0, 0.05) is 11.5 Å². The summed E-state index contributed by atoms with van der Waals surface area (Å²) in [6, 6.07) is 5.74. The van der Waals surface area contributed by atoms with Crippen LogP contribution in [0, 0.1) is 12.7 Å². The van der Waals surface area contributed by atoms with Gasteiger partial charge in [-0.1, -0.05) is 6.07 Å². The van der Waals surface area contributed by atoms with Crippen LogP contribution < -0.4 is 10.6 Å². The van der Waals surface area contributed by atoms with Crippen LogP contribution in [0.3, 0.4) is 0 Å². The molecule has 0 bridgehead atoms. The van der Waals surface area contributed by atoms with Gasteiger partial charge in [0.25, 0.3) is 0 Å². The topological polar surface area (TPSA) is 49.8 Å². The van der Waals surface area contributed by atoms with Gasteiger partial charge in [-0.25, -0.2) is 9.37 Å². The summed E-state index contributed by atoms with van der Waals surface area (Å²) in [4.78, 5) is 7.81. The standard InChI is InChI=1S/C12H12BrFN4/c1-7-3-4-10(8(13)5-7)17-11-9(14)6-16-12(15-2)18-11/h3-6H,1-2H3,(H2,15,16,17,18). The zero-order chi connectivity index (χ0) is 13.1. The summed E-state index contributed by atoms with van der Waals surface area (Å²) in [7, 11) is 1.68. The highest BCUT2D eigenvalue weighted by Crippen LogP contribution is 2.27. The maximum atomic E-state index is 13.6. The number of aromatic nitrogens is 2. The van der Waals surface area contributed by atoms with Crippen LogP contribution in [0.2, 0.25) is 0 Å². The molecule has 0 aliphatic carbocycles. The third-order valence-electron chi connectivity index (χ3n) is 2.35. The summed E-state index contributed by atoms with van der Waals surface area (Å²) in [6.45, 7) is 1.99. The van der Waals surface area contributed by atoms with Crippen LogP contribution in [-0.2, 0) is 0 Å². The molecular formula is C12H12BrFN4. The first-order valence-electron chi connectivity index (χ1n) is 5.33. The lowest BCUT2D eigenvalue weighted by Gasteiger charge is -2.10. The first kappa shape index (κ1) is 12.8. The van der Waals surface area contributed by atoms with Crippen molar-refractivity contribution in [3.63, 3.8) is 0 Å². The summed E-state index contributed by atoms with van der Waals surface area (Å²) >= 11 is 3.42. The van der Waals surface area contributed by atoms with Gasteiger partial charge in [-0.2, -0.15) is 4.98 Å². The number of halogens is 2. The molecule has 6 heteroatoms. The Morgan fingerprint density at radius 1 is 1.33 bits per heavy atom. The molecular weight excluding hydrogens is 299 g/mol. The van der Waals surface area contributed by atoms with Crippen molar-refractivity contribution < 1.29 is 4.39 Å². The highest BCUT2D eigenvalue weighted by Gasteiger charge is 2.08. The van der Waals surface area contributed by atoms with E-state index in [1.54, 1.807) is 7.05 Å². The van der Waals surface area contributed by atoms with E-state index < -0.39 is 5.82 Å². The normalized spacial score (nSPS) is 10.2. The van der Waals surface area contributed by atoms with Gasteiger partial charge in [-0.15, -0.1) is 0 Å². The highest BCUT2D eigenvalue weighted by molar-refractivity contribution is 9.10. The summed E-state index contributed by atoms with van der Waals surface area (Å²) < 4.78 is 14.4. The Labute approximate surface area is 113 Å². The van der Waals surface area contributed by atoms with Gasteiger partial charge in [-0.3, -0.25) is 0 Å². The third-order valence-corrected chi connectivity index (χ3v) is 3.00. The Kier molecular flexibility index (Phi) is 3.76. The zero-order valence-electron chi connectivity index (χ0n) is 9.96. The maximum absolute atomic E-state index is 13.6. The van der Waals surface area contributed by atoms with Crippen molar-refractivity contribution in [2.45, 2.75) is 6.92 Å². The van der Waals surface area contributed by atoms with Crippen molar-refractivity contribution in [1.82, 2.24) is 9.97 Å². The number of nitrogens with zero attached hydrogens (tertiary/aromatic N) is 2. The van der Waals surface area contributed by atoms with E-state index >= 15 is 0 Å². The maximum Gasteiger partial charge on any atom is 0.224 e. The van der Waals surface area contributed by atoms with E-state index in [1.807, 2.05) is 25.1 Å². The van der Waals surface area contributed by atoms with E-state index in [-0.39, 0.29) is 5.82 Å². The fourth-order valence-corrected chi connectivity index (χ4v) is 2.02. The van der Waals surface area contributed by atoms with Crippen LogP contribution in [0.5, 0.6) is 0 Å². The smallest absolute Gasteiger partial charge is 0.224 e. The lowest BCUT2D eigenvalue weighted by atomic mass is 10.2. The minimum absolute atomic E-state index is 0.138. The number of rotatable bonds is 3. The summed E-state index contributed by atoms with van der Waals surface area (Å²) in [5.41, 5.74) is 1.87. The molecule has 0 spiro atoms. The van der Waals surface area contributed by atoms with Gasteiger partial charge in [0.15, 0.2) is 11.6 Å². The van der Waals surface area contributed by atoms with Crippen molar-refractivity contribution in [1.29, 1.82) is 0 Å². The van der Waals surface area contributed by atoms with Gasteiger partial charge < -0.3 is 10.6 Å². The third kappa shape index (κ3) is 2.76. The SMILES string of the molecule is CNc1ncc(F)c(Nc2ccc(C)cc2Br)n1. The molecule has 0 amide bonds. The Bertz CT molecular complexity index is 574. The number of nitrogens with one attached hydrogen (secondary N) is 2. The molecule has 1 aromatic carbocycles. The van der Waals surface area contributed by atoms with E-state index in [0.29, 0.717) is 5.95 Å². The largest absolute Gasteiger partial charge is 0.357 e. The summed E-state index contributed by atoms with van der Waals surface area (Å²) in [6.07, 6.45) is 1.13. The van der Waals surface area contributed by atoms with Gasteiger partial charge in [0.2, 0.25) is 5.95 Å². The fourth-order valence-electron chi connectivity index (χ4n) is 1.42. The van der Waals surface area contributed by atoms with Crippen LogP contribution in [0.4, 0.5) is 21.8 Å². The monoisotopic (exact) mass is 310 g/mol. The van der Waals surface area contributed by atoms with Crippen LogP contribution >= 0.6 is 15.9 Å². The Hall–Kier alpha value is -1.69. The quantitative estimate of drug-likeness (QED) is 0.911. The zero-order valence-corrected chi connectivity index (χ0v) is 11.5. The molecule has 0 fully saturated rings. The Morgan fingerprint density at radius 3 is 2.78 bits per heavy atom. The van der Waals surface area contributed by atoms with E-state index in [2.05, 4.69) is 36.5 Å². The molecule has 94 valence electrons. The fraction of sp³-hybridized carbons (Fsp3) is 0.167. The summed E-state index contributed by atoms with van der Waals surface area (Å²) in [5.74, 6) is 0.00233. The second-order valence-corrected chi connectivity index (χ2v) is 4.60. The molecule has 0 unspecified atom stereocenters.